The van der Waals surface area contributed by atoms with Crippen LogP contribution in [0.1, 0.15) is 55.4 Å². The van der Waals surface area contributed by atoms with Gasteiger partial charge in [0.05, 0.1) is 5.92 Å². The minimum absolute atomic E-state index is 0.0502. The van der Waals surface area contributed by atoms with E-state index in [1.807, 2.05) is 15.9 Å². The van der Waals surface area contributed by atoms with Crippen LogP contribution in [0.2, 0.25) is 0 Å². The summed E-state index contributed by atoms with van der Waals surface area (Å²) in [6.45, 7) is 10.9. The van der Waals surface area contributed by atoms with Crippen LogP contribution in [-0.4, -0.2) is 41.2 Å². The summed E-state index contributed by atoms with van der Waals surface area (Å²) in [6.07, 6.45) is 1.40. The molecule has 0 bridgehead atoms. The second kappa shape index (κ2) is 8.49. The molecule has 0 saturated carbocycles. The SMILES string of the molecule is Cc1ccc(C2CN(C(=O)CC(C)(C)C)CC2C(=O)N2CCc3ccccc3C2)cc1. The number of amides is 2. The summed E-state index contributed by atoms with van der Waals surface area (Å²) in [7, 11) is 0. The lowest BCUT2D eigenvalue weighted by atomic mass is 9.87. The lowest BCUT2D eigenvalue weighted by molar-refractivity contribution is -0.137. The van der Waals surface area contributed by atoms with E-state index in [2.05, 4.69) is 70.2 Å². The number of hydrogen-bond acceptors (Lipinski definition) is 2. The lowest BCUT2D eigenvalue weighted by Crippen LogP contribution is -2.42. The third-order valence-corrected chi connectivity index (χ3v) is 6.62. The molecule has 4 rings (SSSR count). The standard InChI is InChI=1S/C27H34N2O2/c1-19-9-11-21(12-10-19)23-17-29(25(30)15-27(2,3)4)18-24(23)26(31)28-14-13-20-7-5-6-8-22(20)16-28/h5-12,23-24H,13-18H2,1-4H3. The molecule has 2 atom stereocenters. The van der Waals surface area contributed by atoms with Crippen LogP contribution in [0.5, 0.6) is 0 Å². The van der Waals surface area contributed by atoms with Crippen molar-refractivity contribution in [3.63, 3.8) is 0 Å². The first-order chi connectivity index (χ1) is 14.7. The maximum absolute atomic E-state index is 13.7. The van der Waals surface area contributed by atoms with Crippen LogP contribution in [0.4, 0.5) is 0 Å². The van der Waals surface area contributed by atoms with Crippen LogP contribution in [0.25, 0.3) is 0 Å². The highest BCUT2D eigenvalue weighted by molar-refractivity contribution is 5.84. The number of carbonyl (C=O) groups is 2. The zero-order valence-corrected chi connectivity index (χ0v) is 19.2. The molecule has 2 heterocycles. The van der Waals surface area contributed by atoms with E-state index in [0.717, 1.165) is 18.5 Å². The van der Waals surface area contributed by atoms with E-state index in [4.69, 9.17) is 0 Å². The zero-order valence-electron chi connectivity index (χ0n) is 19.2. The average molecular weight is 419 g/mol. The highest BCUT2D eigenvalue weighted by Crippen LogP contribution is 2.36. The minimum atomic E-state index is -0.183. The predicted octanol–water partition coefficient (Wildman–Crippen LogP) is 4.56. The number of nitrogens with zero attached hydrogens (tertiary/aromatic N) is 2. The van der Waals surface area contributed by atoms with Crippen molar-refractivity contribution in [3.8, 4) is 0 Å². The first-order valence-electron chi connectivity index (χ1n) is 11.4. The van der Waals surface area contributed by atoms with Crippen molar-refractivity contribution in [1.82, 2.24) is 9.80 Å². The molecule has 2 amide bonds. The van der Waals surface area contributed by atoms with Crippen molar-refractivity contribution in [2.75, 3.05) is 19.6 Å². The second-order valence-electron chi connectivity index (χ2n) is 10.4. The van der Waals surface area contributed by atoms with E-state index in [9.17, 15) is 9.59 Å². The van der Waals surface area contributed by atoms with Gasteiger partial charge in [-0.1, -0.05) is 74.9 Å². The third kappa shape index (κ3) is 4.84. The molecule has 4 nitrogen and oxygen atoms in total. The van der Waals surface area contributed by atoms with Gasteiger partial charge in [-0.2, -0.15) is 0 Å². The molecular formula is C27H34N2O2. The molecule has 31 heavy (non-hydrogen) atoms. The first kappa shape index (κ1) is 21.6. The summed E-state index contributed by atoms with van der Waals surface area (Å²) in [5.41, 5.74) is 4.89. The van der Waals surface area contributed by atoms with Crippen molar-refractivity contribution >= 4 is 11.8 Å². The highest BCUT2D eigenvalue weighted by atomic mass is 16.2. The third-order valence-electron chi connectivity index (χ3n) is 6.62. The van der Waals surface area contributed by atoms with Crippen LogP contribution < -0.4 is 0 Å². The largest absolute Gasteiger partial charge is 0.341 e. The van der Waals surface area contributed by atoms with Crippen LogP contribution in [0.3, 0.4) is 0 Å². The number of carbonyl (C=O) groups excluding carboxylic acids is 2. The molecule has 0 aromatic heterocycles. The Bertz CT molecular complexity index is 958. The van der Waals surface area contributed by atoms with E-state index in [-0.39, 0.29) is 29.1 Å². The molecule has 0 spiro atoms. The number of fused-ring (bicyclic) bond motifs is 1. The van der Waals surface area contributed by atoms with Crippen LogP contribution in [0, 0.1) is 18.3 Å². The maximum Gasteiger partial charge on any atom is 0.228 e. The number of benzene rings is 2. The molecular weight excluding hydrogens is 384 g/mol. The van der Waals surface area contributed by atoms with Crippen molar-refractivity contribution < 1.29 is 9.59 Å². The zero-order chi connectivity index (χ0) is 22.2. The minimum Gasteiger partial charge on any atom is -0.341 e. The Morgan fingerprint density at radius 2 is 1.61 bits per heavy atom. The molecule has 164 valence electrons. The molecule has 2 aliphatic rings. The molecule has 2 aromatic rings. The van der Waals surface area contributed by atoms with Crippen LogP contribution in [0.15, 0.2) is 48.5 Å². The van der Waals surface area contributed by atoms with Gasteiger partial charge in [-0.3, -0.25) is 9.59 Å². The van der Waals surface area contributed by atoms with E-state index >= 15 is 0 Å². The van der Waals surface area contributed by atoms with Gasteiger partial charge in [-0.25, -0.2) is 0 Å². The summed E-state index contributed by atoms with van der Waals surface area (Å²) in [4.78, 5) is 30.6. The monoisotopic (exact) mass is 418 g/mol. The first-order valence-corrected chi connectivity index (χ1v) is 11.4. The van der Waals surface area contributed by atoms with Gasteiger partial charge < -0.3 is 9.80 Å². The number of hydrogen-bond donors (Lipinski definition) is 0. The molecule has 0 aliphatic carbocycles. The molecule has 0 N–H and O–H groups in total. The van der Waals surface area contributed by atoms with Crippen molar-refractivity contribution in [1.29, 1.82) is 0 Å². The van der Waals surface area contributed by atoms with E-state index in [1.165, 1.54) is 16.7 Å². The van der Waals surface area contributed by atoms with Gasteiger partial charge in [-0.05, 0) is 35.4 Å². The molecule has 2 unspecified atom stereocenters. The van der Waals surface area contributed by atoms with Crippen molar-refractivity contribution in [2.24, 2.45) is 11.3 Å². The summed E-state index contributed by atoms with van der Waals surface area (Å²) >= 11 is 0. The summed E-state index contributed by atoms with van der Waals surface area (Å²) in [5, 5.41) is 0. The Hall–Kier alpha value is -2.62. The lowest BCUT2D eigenvalue weighted by Gasteiger charge is -2.32. The maximum atomic E-state index is 13.7. The number of rotatable bonds is 3. The fourth-order valence-electron chi connectivity index (χ4n) is 4.89. The predicted molar refractivity (Wildman–Crippen MR) is 124 cm³/mol. The average Bonchev–Trinajstić information content (AvgIpc) is 3.18. The Kier molecular flexibility index (Phi) is 5.92. The quantitative estimate of drug-likeness (QED) is 0.733. The normalized spacial score (nSPS) is 21.2. The molecule has 0 radical (unpaired) electrons. The molecule has 1 fully saturated rings. The molecule has 1 saturated heterocycles. The molecule has 2 aromatic carbocycles. The second-order valence-corrected chi connectivity index (χ2v) is 10.4. The summed E-state index contributed by atoms with van der Waals surface area (Å²) in [5.74, 6) is 0.209. The van der Waals surface area contributed by atoms with E-state index < -0.39 is 0 Å². The van der Waals surface area contributed by atoms with Gasteiger partial charge >= 0.3 is 0 Å². The fraction of sp³-hybridized carbons (Fsp3) is 0.481. The molecule has 2 aliphatic heterocycles. The highest BCUT2D eigenvalue weighted by Gasteiger charge is 2.42. The van der Waals surface area contributed by atoms with Gasteiger partial charge in [0, 0.05) is 38.5 Å². The van der Waals surface area contributed by atoms with Gasteiger partial charge in [0.1, 0.15) is 0 Å². The summed E-state index contributed by atoms with van der Waals surface area (Å²) < 4.78 is 0. The van der Waals surface area contributed by atoms with Crippen molar-refractivity contribution in [2.45, 2.75) is 53.0 Å². The van der Waals surface area contributed by atoms with E-state index in [0.29, 0.717) is 26.1 Å². The van der Waals surface area contributed by atoms with Gasteiger partial charge in [0.2, 0.25) is 11.8 Å². The summed E-state index contributed by atoms with van der Waals surface area (Å²) in [6, 6.07) is 16.9. The topological polar surface area (TPSA) is 40.6 Å². The van der Waals surface area contributed by atoms with E-state index in [1.54, 1.807) is 0 Å². The van der Waals surface area contributed by atoms with Crippen LogP contribution in [-0.2, 0) is 22.6 Å². The fourth-order valence-corrected chi connectivity index (χ4v) is 4.89. The van der Waals surface area contributed by atoms with Gasteiger partial charge in [0.15, 0.2) is 0 Å². The Morgan fingerprint density at radius 3 is 2.29 bits per heavy atom. The van der Waals surface area contributed by atoms with Gasteiger partial charge in [-0.15, -0.1) is 0 Å². The Balaban J connectivity index is 1.57. The smallest absolute Gasteiger partial charge is 0.228 e. The molecule has 4 heteroatoms. The Labute approximate surface area is 186 Å². The van der Waals surface area contributed by atoms with Gasteiger partial charge in [0.25, 0.3) is 0 Å². The van der Waals surface area contributed by atoms with Crippen molar-refractivity contribution in [3.05, 3.63) is 70.8 Å². The Morgan fingerprint density at radius 1 is 0.935 bits per heavy atom. The van der Waals surface area contributed by atoms with Crippen LogP contribution >= 0.6 is 0 Å². The number of aryl methyl sites for hydroxylation is 1. The number of likely N-dealkylation sites (tertiary alicyclic amines) is 1.